The molecule has 0 aliphatic heterocycles. The van der Waals surface area contributed by atoms with Crippen molar-refractivity contribution in [2.75, 3.05) is 40.5 Å². The van der Waals surface area contributed by atoms with E-state index in [0.717, 1.165) is 13.2 Å². The Morgan fingerprint density at radius 1 is 1.24 bits per heavy atom. The summed E-state index contributed by atoms with van der Waals surface area (Å²) in [6.45, 7) is 11.3. The topological polar surface area (TPSA) is 47.7 Å². The normalized spacial score (nSPS) is 15.9. The SMILES string of the molecule is COCC(CN)(C(C)C)N(C)CCOC(C)C. The van der Waals surface area contributed by atoms with Gasteiger partial charge in [0.05, 0.1) is 24.9 Å². The van der Waals surface area contributed by atoms with E-state index in [1.54, 1.807) is 7.11 Å². The standard InChI is InChI=1S/C13H30N2O2/c1-11(2)13(9-14,10-16-6)15(5)7-8-17-12(3)4/h11-12H,7-10,14H2,1-6H3. The first-order chi connectivity index (χ1) is 7.90. The highest BCUT2D eigenvalue weighted by Crippen LogP contribution is 2.23. The van der Waals surface area contributed by atoms with Gasteiger partial charge in [0.2, 0.25) is 0 Å². The van der Waals surface area contributed by atoms with Crippen LogP contribution in [0.25, 0.3) is 0 Å². The average molecular weight is 246 g/mol. The van der Waals surface area contributed by atoms with Crippen LogP contribution in [0.4, 0.5) is 0 Å². The lowest BCUT2D eigenvalue weighted by Crippen LogP contribution is -2.59. The van der Waals surface area contributed by atoms with E-state index in [2.05, 4.69) is 25.8 Å². The molecular weight excluding hydrogens is 216 g/mol. The van der Waals surface area contributed by atoms with E-state index < -0.39 is 0 Å². The van der Waals surface area contributed by atoms with Gasteiger partial charge in [0, 0.05) is 20.2 Å². The summed E-state index contributed by atoms with van der Waals surface area (Å²) < 4.78 is 10.9. The van der Waals surface area contributed by atoms with Crippen LogP contribution in [0.1, 0.15) is 27.7 Å². The molecule has 104 valence electrons. The second-order valence-electron chi connectivity index (χ2n) is 5.24. The molecule has 0 aromatic rings. The first-order valence-corrected chi connectivity index (χ1v) is 6.42. The van der Waals surface area contributed by atoms with Crippen molar-refractivity contribution in [2.24, 2.45) is 11.7 Å². The van der Waals surface area contributed by atoms with Crippen LogP contribution in [0, 0.1) is 5.92 Å². The van der Waals surface area contributed by atoms with Gasteiger partial charge in [0.25, 0.3) is 0 Å². The van der Waals surface area contributed by atoms with Crippen molar-refractivity contribution in [3.8, 4) is 0 Å². The lowest BCUT2D eigenvalue weighted by atomic mass is 9.85. The fourth-order valence-electron chi connectivity index (χ4n) is 2.07. The summed E-state index contributed by atoms with van der Waals surface area (Å²) in [7, 11) is 3.82. The van der Waals surface area contributed by atoms with E-state index in [4.69, 9.17) is 15.2 Å². The predicted molar refractivity (Wildman–Crippen MR) is 72.2 cm³/mol. The van der Waals surface area contributed by atoms with Gasteiger partial charge in [-0.15, -0.1) is 0 Å². The largest absolute Gasteiger partial charge is 0.383 e. The maximum atomic E-state index is 5.96. The zero-order valence-electron chi connectivity index (χ0n) is 12.3. The quantitative estimate of drug-likeness (QED) is 0.667. The number of likely N-dealkylation sites (N-methyl/N-ethyl adjacent to an activating group) is 1. The minimum absolute atomic E-state index is 0.102. The molecule has 1 atom stereocenters. The summed E-state index contributed by atoms with van der Waals surface area (Å²) in [4.78, 5) is 2.27. The minimum atomic E-state index is -0.102. The van der Waals surface area contributed by atoms with Crippen molar-refractivity contribution in [3.05, 3.63) is 0 Å². The number of ether oxygens (including phenoxy) is 2. The van der Waals surface area contributed by atoms with Gasteiger partial charge in [-0.2, -0.15) is 0 Å². The van der Waals surface area contributed by atoms with Crippen LogP contribution in [0.3, 0.4) is 0 Å². The van der Waals surface area contributed by atoms with Gasteiger partial charge in [-0.05, 0) is 26.8 Å². The molecule has 0 spiro atoms. The molecule has 0 radical (unpaired) electrons. The van der Waals surface area contributed by atoms with Crippen molar-refractivity contribution in [2.45, 2.75) is 39.3 Å². The Morgan fingerprint density at radius 3 is 2.18 bits per heavy atom. The highest BCUT2D eigenvalue weighted by Gasteiger charge is 2.36. The Labute approximate surface area is 106 Å². The van der Waals surface area contributed by atoms with Gasteiger partial charge in [0.15, 0.2) is 0 Å². The van der Waals surface area contributed by atoms with Crippen LogP contribution in [0.2, 0.25) is 0 Å². The summed E-state index contributed by atoms with van der Waals surface area (Å²) in [5.41, 5.74) is 5.86. The summed E-state index contributed by atoms with van der Waals surface area (Å²) in [5.74, 6) is 0.441. The molecule has 4 nitrogen and oxygen atoms in total. The molecule has 4 heteroatoms. The number of nitrogens with zero attached hydrogens (tertiary/aromatic N) is 1. The zero-order chi connectivity index (χ0) is 13.5. The average Bonchev–Trinajstić information content (AvgIpc) is 2.24. The molecule has 0 saturated heterocycles. The van der Waals surface area contributed by atoms with E-state index >= 15 is 0 Å². The summed E-state index contributed by atoms with van der Waals surface area (Å²) >= 11 is 0. The predicted octanol–water partition coefficient (Wildman–Crippen LogP) is 1.34. The summed E-state index contributed by atoms with van der Waals surface area (Å²) in [6, 6.07) is 0. The second kappa shape index (κ2) is 8.03. The third-order valence-electron chi connectivity index (χ3n) is 3.46. The smallest absolute Gasteiger partial charge is 0.0661 e. The van der Waals surface area contributed by atoms with Gasteiger partial charge in [-0.1, -0.05) is 13.8 Å². The fraction of sp³-hybridized carbons (Fsp3) is 1.00. The molecular formula is C13H30N2O2. The molecule has 0 bridgehead atoms. The van der Waals surface area contributed by atoms with Gasteiger partial charge in [-0.25, -0.2) is 0 Å². The van der Waals surface area contributed by atoms with Gasteiger partial charge in [-0.3, -0.25) is 4.90 Å². The Balaban J connectivity index is 4.46. The highest BCUT2D eigenvalue weighted by molar-refractivity contribution is 4.93. The molecule has 0 rings (SSSR count). The maximum Gasteiger partial charge on any atom is 0.0661 e. The van der Waals surface area contributed by atoms with Gasteiger partial charge in [0.1, 0.15) is 0 Å². The van der Waals surface area contributed by atoms with Crippen molar-refractivity contribution in [1.82, 2.24) is 4.90 Å². The van der Waals surface area contributed by atoms with E-state index in [0.29, 0.717) is 19.1 Å². The first kappa shape index (κ1) is 16.8. The Kier molecular flexibility index (Phi) is 7.96. The van der Waals surface area contributed by atoms with Crippen molar-refractivity contribution >= 4 is 0 Å². The van der Waals surface area contributed by atoms with Crippen molar-refractivity contribution < 1.29 is 9.47 Å². The van der Waals surface area contributed by atoms with Gasteiger partial charge < -0.3 is 15.2 Å². The second-order valence-corrected chi connectivity index (χ2v) is 5.24. The highest BCUT2D eigenvalue weighted by atomic mass is 16.5. The molecule has 0 heterocycles. The maximum absolute atomic E-state index is 5.96. The minimum Gasteiger partial charge on any atom is -0.383 e. The van der Waals surface area contributed by atoms with Crippen molar-refractivity contribution in [3.63, 3.8) is 0 Å². The third-order valence-corrected chi connectivity index (χ3v) is 3.46. The van der Waals surface area contributed by atoms with Crippen LogP contribution >= 0.6 is 0 Å². The molecule has 0 fully saturated rings. The number of rotatable bonds is 9. The molecule has 0 saturated carbocycles. The number of hydrogen-bond acceptors (Lipinski definition) is 4. The Hall–Kier alpha value is -0.160. The molecule has 17 heavy (non-hydrogen) atoms. The monoisotopic (exact) mass is 246 g/mol. The molecule has 0 aliphatic carbocycles. The lowest BCUT2D eigenvalue weighted by Gasteiger charge is -2.44. The molecule has 0 aromatic carbocycles. The van der Waals surface area contributed by atoms with E-state index in [1.807, 2.05) is 13.8 Å². The molecule has 0 aliphatic rings. The number of methoxy groups -OCH3 is 1. The molecule has 1 unspecified atom stereocenters. The Bertz CT molecular complexity index is 198. The van der Waals surface area contributed by atoms with Crippen LogP contribution in [0.5, 0.6) is 0 Å². The summed E-state index contributed by atoms with van der Waals surface area (Å²) in [6.07, 6.45) is 0.275. The lowest BCUT2D eigenvalue weighted by molar-refractivity contribution is -0.0224. The molecule has 2 N–H and O–H groups in total. The van der Waals surface area contributed by atoms with E-state index in [1.165, 1.54) is 0 Å². The van der Waals surface area contributed by atoms with E-state index in [-0.39, 0.29) is 11.6 Å². The van der Waals surface area contributed by atoms with E-state index in [9.17, 15) is 0 Å². The van der Waals surface area contributed by atoms with Crippen LogP contribution in [0.15, 0.2) is 0 Å². The third kappa shape index (κ3) is 4.92. The number of nitrogens with two attached hydrogens (primary N) is 1. The zero-order valence-corrected chi connectivity index (χ0v) is 12.3. The first-order valence-electron chi connectivity index (χ1n) is 6.42. The summed E-state index contributed by atoms with van der Waals surface area (Å²) in [5, 5.41) is 0. The molecule has 0 amide bonds. The molecule has 0 aromatic heterocycles. The van der Waals surface area contributed by atoms with Crippen LogP contribution in [-0.2, 0) is 9.47 Å². The fourth-order valence-corrected chi connectivity index (χ4v) is 2.07. The van der Waals surface area contributed by atoms with Crippen molar-refractivity contribution in [1.29, 1.82) is 0 Å². The van der Waals surface area contributed by atoms with Gasteiger partial charge >= 0.3 is 0 Å². The number of hydrogen-bond donors (Lipinski definition) is 1. The Morgan fingerprint density at radius 2 is 1.82 bits per heavy atom. The van der Waals surface area contributed by atoms with Crippen LogP contribution < -0.4 is 5.73 Å². The van der Waals surface area contributed by atoms with Crippen LogP contribution in [-0.4, -0.2) is 57.0 Å².